The number of hydrogen-bond donors (Lipinski definition) is 2. The molecule has 116 valence electrons. The van der Waals surface area contributed by atoms with Crippen LogP contribution in [-0.2, 0) is 11.3 Å². The van der Waals surface area contributed by atoms with Gasteiger partial charge in [-0.05, 0) is 12.3 Å². The van der Waals surface area contributed by atoms with Crippen LogP contribution in [0.15, 0.2) is 18.7 Å². The van der Waals surface area contributed by atoms with Gasteiger partial charge in [-0.25, -0.2) is 9.78 Å². The zero-order valence-electron chi connectivity index (χ0n) is 12.5. The lowest BCUT2D eigenvalue weighted by Crippen LogP contribution is -2.44. The first-order valence-corrected chi connectivity index (χ1v) is 7.17. The van der Waals surface area contributed by atoms with Gasteiger partial charge < -0.3 is 19.9 Å². The van der Waals surface area contributed by atoms with Gasteiger partial charge >= 0.3 is 12.0 Å². The minimum atomic E-state index is -0.818. The summed E-state index contributed by atoms with van der Waals surface area (Å²) in [6.07, 6.45) is 5.72. The lowest BCUT2D eigenvalue weighted by Gasteiger charge is -2.28. The van der Waals surface area contributed by atoms with Gasteiger partial charge in [0.2, 0.25) is 0 Å². The predicted molar refractivity (Wildman–Crippen MR) is 76.7 cm³/mol. The number of aromatic nitrogens is 2. The summed E-state index contributed by atoms with van der Waals surface area (Å²) in [5.74, 6) is -0.815. The van der Waals surface area contributed by atoms with E-state index in [-0.39, 0.29) is 18.5 Å². The molecule has 1 aromatic rings. The number of likely N-dealkylation sites (tertiary alicyclic amines) is 1. The van der Waals surface area contributed by atoms with Gasteiger partial charge in [0, 0.05) is 38.6 Å². The standard InChI is InChI=1S/C14H22N4O3/c1-11(2)14(12(19)20)3-6-18(9-14)13(21)16-5-8-17-7-4-15-10-17/h4,7,10-11H,3,5-6,8-9H2,1-2H3,(H,16,21)(H,19,20). The third-order valence-corrected chi connectivity index (χ3v) is 4.32. The van der Waals surface area contributed by atoms with Crippen molar-refractivity contribution in [2.75, 3.05) is 19.6 Å². The van der Waals surface area contributed by atoms with E-state index in [1.807, 2.05) is 24.6 Å². The Morgan fingerprint density at radius 3 is 2.76 bits per heavy atom. The minimum absolute atomic E-state index is 0.00116. The lowest BCUT2D eigenvalue weighted by atomic mass is 9.76. The largest absolute Gasteiger partial charge is 0.481 e. The van der Waals surface area contributed by atoms with E-state index < -0.39 is 11.4 Å². The number of amides is 2. The Morgan fingerprint density at radius 1 is 1.48 bits per heavy atom. The molecule has 0 spiro atoms. The second-order valence-electron chi connectivity index (χ2n) is 5.82. The fourth-order valence-electron chi connectivity index (χ4n) is 2.72. The second kappa shape index (κ2) is 6.15. The molecule has 7 nitrogen and oxygen atoms in total. The number of hydrogen-bond acceptors (Lipinski definition) is 3. The molecular formula is C14H22N4O3. The molecule has 2 amide bonds. The van der Waals surface area contributed by atoms with Gasteiger partial charge in [0.25, 0.3) is 0 Å². The zero-order chi connectivity index (χ0) is 15.5. The van der Waals surface area contributed by atoms with Gasteiger partial charge in [-0.15, -0.1) is 0 Å². The molecule has 1 fully saturated rings. The van der Waals surface area contributed by atoms with Crippen LogP contribution >= 0.6 is 0 Å². The lowest BCUT2D eigenvalue weighted by molar-refractivity contribution is -0.150. The third-order valence-electron chi connectivity index (χ3n) is 4.32. The van der Waals surface area contributed by atoms with Crippen LogP contribution in [0.25, 0.3) is 0 Å². The van der Waals surface area contributed by atoms with E-state index in [2.05, 4.69) is 10.3 Å². The van der Waals surface area contributed by atoms with E-state index in [9.17, 15) is 14.7 Å². The summed E-state index contributed by atoms with van der Waals surface area (Å²) in [6.45, 7) is 5.70. The first kappa shape index (κ1) is 15.3. The van der Waals surface area contributed by atoms with Gasteiger partial charge in [0.15, 0.2) is 0 Å². The maximum absolute atomic E-state index is 12.1. The van der Waals surface area contributed by atoms with E-state index in [1.54, 1.807) is 17.4 Å². The van der Waals surface area contributed by atoms with Gasteiger partial charge in [-0.2, -0.15) is 0 Å². The van der Waals surface area contributed by atoms with Crippen LogP contribution in [-0.4, -0.2) is 51.2 Å². The van der Waals surface area contributed by atoms with Crippen molar-refractivity contribution in [1.82, 2.24) is 19.8 Å². The predicted octanol–water partition coefficient (Wildman–Crippen LogP) is 1.03. The first-order valence-electron chi connectivity index (χ1n) is 7.17. The second-order valence-corrected chi connectivity index (χ2v) is 5.82. The first-order chi connectivity index (χ1) is 9.95. The molecule has 0 radical (unpaired) electrons. The Morgan fingerprint density at radius 2 is 2.24 bits per heavy atom. The topological polar surface area (TPSA) is 87.5 Å². The van der Waals surface area contributed by atoms with Crippen LogP contribution in [0.4, 0.5) is 4.79 Å². The summed E-state index contributed by atoms with van der Waals surface area (Å²) in [7, 11) is 0. The SMILES string of the molecule is CC(C)C1(C(=O)O)CCN(C(=O)NCCn2ccnc2)C1. The molecular weight excluding hydrogens is 272 g/mol. The van der Waals surface area contributed by atoms with Crippen molar-refractivity contribution in [3.05, 3.63) is 18.7 Å². The van der Waals surface area contributed by atoms with Crippen LogP contribution in [0.2, 0.25) is 0 Å². The smallest absolute Gasteiger partial charge is 0.317 e. The number of nitrogens with one attached hydrogen (secondary N) is 1. The average molecular weight is 294 g/mol. The maximum Gasteiger partial charge on any atom is 0.317 e. The molecule has 0 bridgehead atoms. The van der Waals surface area contributed by atoms with E-state index in [0.717, 1.165) is 0 Å². The van der Waals surface area contributed by atoms with Crippen molar-refractivity contribution >= 4 is 12.0 Å². The molecule has 2 rings (SSSR count). The molecule has 1 aliphatic rings. The van der Waals surface area contributed by atoms with E-state index in [1.165, 1.54) is 0 Å². The molecule has 1 atom stereocenters. The quantitative estimate of drug-likeness (QED) is 0.849. The number of carboxylic acid groups (broad SMARTS) is 1. The van der Waals surface area contributed by atoms with Crippen molar-refractivity contribution in [3.63, 3.8) is 0 Å². The molecule has 1 unspecified atom stereocenters. The fraction of sp³-hybridized carbons (Fsp3) is 0.643. The van der Waals surface area contributed by atoms with E-state index in [0.29, 0.717) is 26.1 Å². The summed E-state index contributed by atoms with van der Waals surface area (Å²) in [5, 5.41) is 12.3. The van der Waals surface area contributed by atoms with Crippen LogP contribution in [0.5, 0.6) is 0 Å². The summed E-state index contributed by atoms with van der Waals surface area (Å²) >= 11 is 0. The zero-order valence-corrected chi connectivity index (χ0v) is 12.5. The number of carboxylic acids is 1. The molecule has 0 aromatic carbocycles. The molecule has 7 heteroatoms. The summed E-state index contributed by atoms with van der Waals surface area (Å²) in [4.78, 5) is 29.2. The highest BCUT2D eigenvalue weighted by atomic mass is 16.4. The van der Waals surface area contributed by atoms with Crippen molar-refractivity contribution in [3.8, 4) is 0 Å². The Bertz CT molecular complexity index is 500. The number of imidazole rings is 1. The van der Waals surface area contributed by atoms with Gasteiger partial charge in [-0.3, -0.25) is 4.79 Å². The normalized spacial score (nSPS) is 21.8. The van der Waals surface area contributed by atoms with Crippen molar-refractivity contribution in [2.45, 2.75) is 26.8 Å². The highest BCUT2D eigenvalue weighted by Crippen LogP contribution is 2.38. The Kier molecular flexibility index (Phi) is 4.50. The Labute approximate surface area is 124 Å². The molecule has 0 aliphatic carbocycles. The highest BCUT2D eigenvalue weighted by molar-refractivity contribution is 5.80. The number of carbonyl (C=O) groups is 2. The molecule has 1 aromatic heterocycles. The Hall–Kier alpha value is -2.05. The minimum Gasteiger partial charge on any atom is -0.481 e. The number of carbonyl (C=O) groups excluding carboxylic acids is 1. The van der Waals surface area contributed by atoms with E-state index >= 15 is 0 Å². The van der Waals surface area contributed by atoms with Crippen LogP contribution in [0.1, 0.15) is 20.3 Å². The average Bonchev–Trinajstić information content (AvgIpc) is 3.08. The van der Waals surface area contributed by atoms with Gasteiger partial charge in [0.1, 0.15) is 0 Å². The van der Waals surface area contributed by atoms with Crippen molar-refractivity contribution in [2.24, 2.45) is 11.3 Å². The number of urea groups is 1. The summed E-state index contributed by atoms with van der Waals surface area (Å²) in [5.41, 5.74) is -0.818. The Balaban J connectivity index is 1.85. The van der Waals surface area contributed by atoms with E-state index in [4.69, 9.17) is 0 Å². The summed E-state index contributed by atoms with van der Waals surface area (Å²) in [6, 6.07) is -0.195. The molecule has 1 aliphatic heterocycles. The van der Waals surface area contributed by atoms with Crippen LogP contribution in [0, 0.1) is 11.3 Å². The molecule has 0 saturated carbocycles. The van der Waals surface area contributed by atoms with Gasteiger partial charge in [-0.1, -0.05) is 13.8 Å². The number of nitrogens with zero attached hydrogens (tertiary/aromatic N) is 3. The number of aliphatic carboxylic acids is 1. The van der Waals surface area contributed by atoms with Gasteiger partial charge in [0.05, 0.1) is 11.7 Å². The third kappa shape index (κ3) is 3.17. The fourth-order valence-corrected chi connectivity index (χ4v) is 2.72. The monoisotopic (exact) mass is 294 g/mol. The van der Waals surface area contributed by atoms with Crippen molar-refractivity contribution < 1.29 is 14.7 Å². The molecule has 2 N–H and O–H groups in total. The summed E-state index contributed by atoms with van der Waals surface area (Å²) < 4.78 is 1.87. The molecule has 21 heavy (non-hydrogen) atoms. The number of rotatable bonds is 5. The molecule has 1 saturated heterocycles. The van der Waals surface area contributed by atoms with Crippen molar-refractivity contribution in [1.29, 1.82) is 0 Å². The van der Waals surface area contributed by atoms with Crippen LogP contribution < -0.4 is 5.32 Å². The highest BCUT2D eigenvalue weighted by Gasteiger charge is 2.48. The van der Waals surface area contributed by atoms with Crippen LogP contribution in [0.3, 0.4) is 0 Å². The molecule has 2 heterocycles. The maximum atomic E-state index is 12.1.